The summed E-state index contributed by atoms with van der Waals surface area (Å²) in [7, 11) is 0. The molecule has 0 spiro atoms. The van der Waals surface area contributed by atoms with E-state index in [0.29, 0.717) is 13.1 Å². The first-order chi connectivity index (χ1) is 9.08. The highest BCUT2D eigenvalue weighted by atomic mass is 16.4. The molecule has 1 unspecified atom stereocenters. The molecule has 0 saturated carbocycles. The summed E-state index contributed by atoms with van der Waals surface area (Å²) in [5.74, 6) is -1.09. The molecule has 102 valence electrons. The van der Waals surface area contributed by atoms with Crippen molar-refractivity contribution in [3.8, 4) is 5.75 Å². The van der Waals surface area contributed by atoms with Gasteiger partial charge < -0.3 is 15.1 Å². The summed E-state index contributed by atoms with van der Waals surface area (Å²) >= 11 is 0. The van der Waals surface area contributed by atoms with E-state index in [0.717, 1.165) is 12.8 Å². The molecule has 1 aromatic rings. The van der Waals surface area contributed by atoms with E-state index in [1.807, 2.05) is 0 Å². The number of benzene rings is 1. The van der Waals surface area contributed by atoms with Crippen LogP contribution in [-0.2, 0) is 4.79 Å². The van der Waals surface area contributed by atoms with E-state index < -0.39 is 5.97 Å². The van der Waals surface area contributed by atoms with E-state index in [9.17, 15) is 14.7 Å². The molecular formula is C14H17NO4. The molecule has 1 amide bonds. The van der Waals surface area contributed by atoms with Crippen molar-refractivity contribution in [3.05, 3.63) is 29.8 Å². The zero-order valence-corrected chi connectivity index (χ0v) is 10.6. The number of carbonyl (C=O) groups excluding carboxylic acids is 1. The first-order valence-corrected chi connectivity index (χ1v) is 6.37. The number of phenols is 1. The average molecular weight is 263 g/mol. The maximum absolute atomic E-state index is 12.3. The van der Waals surface area contributed by atoms with Crippen LogP contribution in [0.5, 0.6) is 5.75 Å². The van der Waals surface area contributed by atoms with Crippen LogP contribution in [0.1, 0.15) is 29.6 Å². The van der Waals surface area contributed by atoms with Gasteiger partial charge in [0.15, 0.2) is 0 Å². The third-order valence-corrected chi connectivity index (χ3v) is 3.40. The first kappa shape index (κ1) is 13.4. The minimum Gasteiger partial charge on any atom is -0.507 e. The van der Waals surface area contributed by atoms with E-state index >= 15 is 0 Å². The third-order valence-electron chi connectivity index (χ3n) is 3.40. The number of likely N-dealkylation sites (tertiary alicyclic amines) is 1. The number of nitrogens with zero attached hydrogens (tertiary/aromatic N) is 1. The molecule has 1 aromatic carbocycles. The number of hydrogen-bond acceptors (Lipinski definition) is 3. The van der Waals surface area contributed by atoms with Crippen molar-refractivity contribution >= 4 is 11.9 Å². The second-order valence-corrected chi connectivity index (χ2v) is 4.87. The van der Waals surface area contributed by atoms with Crippen LogP contribution in [0.3, 0.4) is 0 Å². The number of rotatable bonds is 3. The molecule has 1 saturated heterocycles. The quantitative estimate of drug-likeness (QED) is 0.870. The molecule has 5 nitrogen and oxygen atoms in total. The average Bonchev–Trinajstić information content (AvgIpc) is 2.38. The van der Waals surface area contributed by atoms with Gasteiger partial charge in [-0.2, -0.15) is 0 Å². The van der Waals surface area contributed by atoms with Gasteiger partial charge in [-0.05, 0) is 30.9 Å². The molecule has 1 aliphatic rings. The number of piperidine rings is 1. The summed E-state index contributed by atoms with van der Waals surface area (Å²) in [5.41, 5.74) is 0.276. The fraction of sp³-hybridized carbons (Fsp3) is 0.429. The molecule has 1 atom stereocenters. The molecule has 5 heteroatoms. The van der Waals surface area contributed by atoms with Crippen molar-refractivity contribution in [2.45, 2.75) is 19.3 Å². The number of phenolic OH excluding ortho intramolecular Hbond substituents is 1. The predicted molar refractivity (Wildman–Crippen MR) is 69.0 cm³/mol. The molecule has 19 heavy (non-hydrogen) atoms. The number of carbonyl (C=O) groups is 2. The number of para-hydroxylation sites is 1. The number of aliphatic carboxylic acids is 1. The molecule has 1 fully saturated rings. The Hall–Kier alpha value is -2.04. The SMILES string of the molecule is O=C(O)CC1CCCN(C(=O)c2ccccc2O)C1. The summed E-state index contributed by atoms with van der Waals surface area (Å²) in [6.45, 7) is 1.06. The zero-order valence-electron chi connectivity index (χ0n) is 10.6. The molecule has 2 rings (SSSR count). The Bertz CT molecular complexity index is 486. The summed E-state index contributed by atoms with van der Waals surface area (Å²) in [6, 6.07) is 6.42. The van der Waals surface area contributed by atoms with Crippen LogP contribution in [0.4, 0.5) is 0 Å². The number of carboxylic acid groups (broad SMARTS) is 1. The van der Waals surface area contributed by atoms with Crippen LogP contribution in [0, 0.1) is 5.92 Å². The van der Waals surface area contributed by atoms with Gasteiger partial charge in [0.25, 0.3) is 5.91 Å². The Labute approximate surface area is 111 Å². The highest BCUT2D eigenvalue weighted by Gasteiger charge is 2.26. The molecule has 1 aliphatic heterocycles. The van der Waals surface area contributed by atoms with Crippen molar-refractivity contribution < 1.29 is 19.8 Å². The minimum atomic E-state index is -0.832. The summed E-state index contributed by atoms with van der Waals surface area (Å²) in [5, 5.41) is 18.5. The van der Waals surface area contributed by atoms with Gasteiger partial charge in [-0.15, -0.1) is 0 Å². The number of amides is 1. The standard InChI is InChI=1S/C14H17NO4/c16-12-6-2-1-5-11(12)14(19)15-7-3-4-10(9-15)8-13(17)18/h1-2,5-6,10,16H,3-4,7-9H2,(H,17,18). The van der Waals surface area contributed by atoms with Crippen LogP contribution >= 0.6 is 0 Å². The Morgan fingerprint density at radius 3 is 2.74 bits per heavy atom. The van der Waals surface area contributed by atoms with Crippen molar-refractivity contribution in [1.29, 1.82) is 0 Å². The molecule has 2 N–H and O–H groups in total. The fourth-order valence-electron chi connectivity index (χ4n) is 2.49. The minimum absolute atomic E-state index is 0.000977. The topological polar surface area (TPSA) is 77.8 Å². The van der Waals surface area contributed by atoms with Gasteiger partial charge in [-0.3, -0.25) is 9.59 Å². The van der Waals surface area contributed by atoms with Crippen molar-refractivity contribution in [2.24, 2.45) is 5.92 Å². The Morgan fingerprint density at radius 1 is 1.32 bits per heavy atom. The molecular weight excluding hydrogens is 246 g/mol. The molecule has 0 aromatic heterocycles. The molecule has 1 heterocycles. The van der Waals surface area contributed by atoms with E-state index in [4.69, 9.17) is 5.11 Å². The Balaban J connectivity index is 2.07. The first-order valence-electron chi connectivity index (χ1n) is 6.37. The van der Waals surface area contributed by atoms with E-state index in [2.05, 4.69) is 0 Å². The van der Waals surface area contributed by atoms with E-state index in [1.165, 1.54) is 6.07 Å². The normalized spacial score (nSPS) is 19.2. The van der Waals surface area contributed by atoms with E-state index in [-0.39, 0.29) is 29.6 Å². The van der Waals surface area contributed by atoms with Gasteiger partial charge in [0.2, 0.25) is 0 Å². The summed E-state index contributed by atoms with van der Waals surface area (Å²) in [4.78, 5) is 24.6. The van der Waals surface area contributed by atoms with Crippen molar-refractivity contribution in [3.63, 3.8) is 0 Å². The largest absolute Gasteiger partial charge is 0.507 e. The summed E-state index contributed by atoms with van der Waals surface area (Å²) in [6.07, 6.45) is 1.72. The molecule has 0 bridgehead atoms. The smallest absolute Gasteiger partial charge is 0.303 e. The van der Waals surface area contributed by atoms with Crippen LogP contribution in [0.2, 0.25) is 0 Å². The molecule has 0 radical (unpaired) electrons. The lowest BCUT2D eigenvalue weighted by atomic mass is 9.94. The zero-order chi connectivity index (χ0) is 13.8. The number of hydrogen-bond donors (Lipinski definition) is 2. The second kappa shape index (κ2) is 5.73. The van der Waals surface area contributed by atoms with Crippen LogP contribution in [0.25, 0.3) is 0 Å². The molecule has 0 aliphatic carbocycles. The van der Waals surface area contributed by atoms with Crippen LogP contribution in [-0.4, -0.2) is 40.1 Å². The van der Waals surface area contributed by atoms with Gasteiger partial charge in [-0.1, -0.05) is 12.1 Å². The maximum atomic E-state index is 12.3. The fourth-order valence-corrected chi connectivity index (χ4v) is 2.49. The lowest BCUT2D eigenvalue weighted by Crippen LogP contribution is -2.40. The number of aromatic hydroxyl groups is 1. The monoisotopic (exact) mass is 263 g/mol. The Kier molecular flexibility index (Phi) is 4.04. The van der Waals surface area contributed by atoms with Gasteiger partial charge >= 0.3 is 5.97 Å². The van der Waals surface area contributed by atoms with Gasteiger partial charge in [0.1, 0.15) is 5.75 Å². The van der Waals surface area contributed by atoms with Crippen molar-refractivity contribution in [2.75, 3.05) is 13.1 Å². The highest BCUT2D eigenvalue weighted by Crippen LogP contribution is 2.24. The summed E-state index contributed by atoms with van der Waals surface area (Å²) < 4.78 is 0. The lowest BCUT2D eigenvalue weighted by molar-refractivity contribution is -0.138. The van der Waals surface area contributed by atoms with Gasteiger partial charge in [0, 0.05) is 19.5 Å². The van der Waals surface area contributed by atoms with Gasteiger partial charge in [0.05, 0.1) is 5.56 Å². The van der Waals surface area contributed by atoms with E-state index in [1.54, 1.807) is 23.1 Å². The number of carboxylic acids is 1. The van der Waals surface area contributed by atoms with Crippen LogP contribution in [0.15, 0.2) is 24.3 Å². The third kappa shape index (κ3) is 3.24. The lowest BCUT2D eigenvalue weighted by Gasteiger charge is -2.32. The Morgan fingerprint density at radius 2 is 2.05 bits per heavy atom. The predicted octanol–water partition coefficient (Wildman–Crippen LogP) is 1.72. The highest BCUT2D eigenvalue weighted by molar-refractivity contribution is 5.96. The maximum Gasteiger partial charge on any atom is 0.303 e. The second-order valence-electron chi connectivity index (χ2n) is 4.87. The van der Waals surface area contributed by atoms with Crippen LogP contribution < -0.4 is 0 Å². The van der Waals surface area contributed by atoms with Crippen molar-refractivity contribution in [1.82, 2.24) is 4.90 Å². The van der Waals surface area contributed by atoms with Gasteiger partial charge in [-0.25, -0.2) is 0 Å².